The van der Waals surface area contributed by atoms with Crippen molar-refractivity contribution in [1.82, 2.24) is 14.5 Å². The van der Waals surface area contributed by atoms with E-state index in [2.05, 4.69) is 46.5 Å². The molecule has 2 heterocycles. The molecule has 0 N–H and O–H groups in total. The Hall–Kier alpha value is -2.20. The Morgan fingerprint density at radius 2 is 2.08 bits per heavy atom. The molecular formula is C20H23N3O. The number of imidazole rings is 1. The van der Waals surface area contributed by atoms with Crippen LogP contribution in [0.5, 0.6) is 0 Å². The molecule has 4 rings (SSSR count). The molecule has 1 aromatic carbocycles. The van der Waals surface area contributed by atoms with Crippen molar-refractivity contribution >= 4 is 11.9 Å². The van der Waals surface area contributed by atoms with Crippen molar-refractivity contribution in [3.05, 3.63) is 58.2 Å². The predicted octanol–water partition coefficient (Wildman–Crippen LogP) is 2.91. The summed E-state index contributed by atoms with van der Waals surface area (Å²) in [6.45, 7) is 7.86. The first-order valence-electron chi connectivity index (χ1n) is 8.65. The number of ketones is 1. The van der Waals surface area contributed by atoms with Crippen LogP contribution in [0.15, 0.2) is 30.2 Å². The number of benzene rings is 1. The highest BCUT2D eigenvalue weighted by atomic mass is 16.1. The topological polar surface area (TPSA) is 38.1 Å². The van der Waals surface area contributed by atoms with Crippen molar-refractivity contribution < 1.29 is 4.79 Å². The van der Waals surface area contributed by atoms with E-state index in [1.807, 2.05) is 12.5 Å². The van der Waals surface area contributed by atoms with Gasteiger partial charge in [-0.3, -0.25) is 9.69 Å². The van der Waals surface area contributed by atoms with E-state index in [1.54, 1.807) is 0 Å². The number of nitrogens with zero attached hydrogens (tertiary/aromatic N) is 3. The van der Waals surface area contributed by atoms with E-state index in [-0.39, 0.29) is 5.78 Å². The largest absolute Gasteiger partial charge is 0.333 e. The van der Waals surface area contributed by atoms with Gasteiger partial charge in [-0.1, -0.05) is 17.7 Å². The van der Waals surface area contributed by atoms with E-state index in [4.69, 9.17) is 0 Å². The van der Waals surface area contributed by atoms with Crippen LogP contribution in [0.25, 0.3) is 6.08 Å². The van der Waals surface area contributed by atoms with Crippen molar-refractivity contribution in [2.24, 2.45) is 0 Å². The lowest BCUT2D eigenvalue weighted by Gasteiger charge is -2.24. The van der Waals surface area contributed by atoms with Crippen molar-refractivity contribution in [3.8, 4) is 0 Å². The molecule has 124 valence electrons. The summed E-state index contributed by atoms with van der Waals surface area (Å²) in [5.74, 6) is 0.271. The molecule has 0 radical (unpaired) electrons. The van der Waals surface area contributed by atoms with Gasteiger partial charge in [-0.25, -0.2) is 4.98 Å². The van der Waals surface area contributed by atoms with Crippen LogP contribution < -0.4 is 0 Å². The van der Waals surface area contributed by atoms with Crippen molar-refractivity contribution in [3.63, 3.8) is 0 Å². The van der Waals surface area contributed by atoms with E-state index >= 15 is 0 Å². The number of carbonyl (C=O) groups excluding carboxylic acids is 1. The van der Waals surface area contributed by atoms with E-state index in [1.165, 1.54) is 27.9 Å². The van der Waals surface area contributed by atoms with E-state index in [9.17, 15) is 4.79 Å². The SMILES string of the molecule is Cc1cc(C)c2c(c1)C=C(CN1CCCn3cncc3C1)C(=O)C2. The molecule has 0 unspecified atom stereocenters. The van der Waals surface area contributed by atoms with Crippen LogP contribution in [0.4, 0.5) is 0 Å². The van der Waals surface area contributed by atoms with Gasteiger partial charge in [0.2, 0.25) is 0 Å². The first-order chi connectivity index (χ1) is 11.6. The minimum atomic E-state index is 0.271. The van der Waals surface area contributed by atoms with Gasteiger partial charge in [0.1, 0.15) is 0 Å². The molecule has 1 aliphatic carbocycles. The summed E-state index contributed by atoms with van der Waals surface area (Å²) in [5, 5.41) is 0. The third-order valence-corrected chi connectivity index (χ3v) is 5.13. The summed E-state index contributed by atoms with van der Waals surface area (Å²) in [5.41, 5.74) is 7.09. The van der Waals surface area contributed by atoms with Gasteiger partial charge in [0.05, 0.1) is 12.0 Å². The fourth-order valence-electron chi connectivity index (χ4n) is 3.91. The molecule has 4 heteroatoms. The molecule has 0 saturated heterocycles. The standard InChI is InChI=1S/C20H23N3O/c1-14-6-15(2)19-9-20(24)17(8-16(19)7-14)11-22-4-3-5-23-13-21-10-18(23)12-22/h6-8,10,13H,3-5,9,11-12H2,1-2H3. The smallest absolute Gasteiger partial charge is 0.164 e. The van der Waals surface area contributed by atoms with Gasteiger partial charge in [-0.15, -0.1) is 0 Å². The molecular weight excluding hydrogens is 298 g/mol. The van der Waals surface area contributed by atoms with Gasteiger partial charge in [0, 0.05) is 44.4 Å². The molecule has 1 aromatic heterocycles. The lowest BCUT2D eigenvalue weighted by Crippen LogP contribution is -2.29. The summed E-state index contributed by atoms with van der Waals surface area (Å²) in [4.78, 5) is 19.3. The summed E-state index contributed by atoms with van der Waals surface area (Å²) >= 11 is 0. The number of hydrogen-bond donors (Lipinski definition) is 0. The molecule has 4 nitrogen and oxygen atoms in total. The number of rotatable bonds is 2. The molecule has 0 fully saturated rings. The second kappa shape index (κ2) is 6.02. The zero-order valence-electron chi connectivity index (χ0n) is 14.4. The number of hydrogen-bond acceptors (Lipinski definition) is 3. The van der Waals surface area contributed by atoms with Gasteiger partial charge in [0.25, 0.3) is 0 Å². The van der Waals surface area contributed by atoms with Crippen LogP contribution in [-0.2, 0) is 24.3 Å². The minimum absolute atomic E-state index is 0.271. The summed E-state index contributed by atoms with van der Waals surface area (Å²) in [6.07, 6.45) is 7.60. The van der Waals surface area contributed by atoms with Crippen molar-refractivity contribution in [1.29, 1.82) is 0 Å². The van der Waals surface area contributed by atoms with Crippen molar-refractivity contribution in [2.75, 3.05) is 13.1 Å². The average molecular weight is 321 g/mol. The van der Waals surface area contributed by atoms with E-state index < -0.39 is 0 Å². The van der Waals surface area contributed by atoms with Crippen LogP contribution in [0, 0.1) is 13.8 Å². The number of fused-ring (bicyclic) bond motifs is 2. The molecule has 1 aliphatic heterocycles. The average Bonchev–Trinajstić information content (AvgIpc) is 2.87. The summed E-state index contributed by atoms with van der Waals surface area (Å²) < 4.78 is 2.22. The molecule has 0 bridgehead atoms. The second-order valence-corrected chi connectivity index (χ2v) is 7.06. The first-order valence-corrected chi connectivity index (χ1v) is 8.65. The molecule has 0 atom stereocenters. The summed E-state index contributed by atoms with van der Waals surface area (Å²) in [6, 6.07) is 4.37. The number of Topliss-reactive ketones (excluding diaryl/α,β-unsaturated/α-hetero) is 1. The molecule has 0 spiro atoms. The highest BCUT2D eigenvalue weighted by Gasteiger charge is 2.23. The maximum absolute atomic E-state index is 12.6. The molecule has 2 aliphatic rings. The molecule has 2 aromatic rings. The third-order valence-electron chi connectivity index (χ3n) is 5.13. The minimum Gasteiger partial charge on any atom is -0.333 e. The monoisotopic (exact) mass is 321 g/mol. The fraction of sp³-hybridized carbons (Fsp3) is 0.400. The van der Waals surface area contributed by atoms with Gasteiger partial charge >= 0.3 is 0 Å². The Kier molecular flexibility index (Phi) is 3.85. The van der Waals surface area contributed by atoms with Gasteiger partial charge in [-0.05, 0) is 43.0 Å². The summed E-state index contributed by atoms with van der Waals surface area (Å²) in [7, 11) is 0. The molecule has 24 heavy (non-hydrogen) atoms. The van der Waals surface area contributed by atoms with E-state index in [0.717, 1.165) is 38.2 Å². The Morgan fingerprint density at radius 3 is 2.96 bits per heavy atom. The Bertz CT molecular complexity index is 831. The van der Waals surface area contributed by atoms with Gasteiger partial charge in [-0.2, -0.15) is 0 Å². The highest BCUT2D eigenvalue weighted by Crippen LogP contribution is 2.27. The predicted molar refractivity (Wildman–Crippen MR) is 94.7 cm³/mol. The quantitative estimate of drug-likeness (QED) is 0.853. The lowest BCUT2D eigenvalue weighted by molar-refractivity contribution is -0.115. The van der Waals surface area contributed by atoms with Crippen LogP contribution in [-0.4, -0.2) is 33.3 Å². The lowest BCUT2D eigenvalue weighted by atomic mass is 9.87. The number of carbonyl (C=O) groups is 1. The zero-order chi connectivity index (χ0) is 16.7. The molecule has 0 amide bonds. The van der Waals surface area contributed by atoms with E-state index in [0.29, 0.717) is 6.42 Å². The Balaban J connectivity index is 1.60. The second-order valence-electron chi connectivity index (χ2n) is 7.06. The normalized spacial score (nSPS) is 17.9. The third kappa shape index (κ3) is 2.82. The number of aromatic nitrogens is 2. The Labute approximate surface area is 142 Å². The fourth-order valence-corrected chi connectivity index (χ4v) is 3.91. The van der Waals surface area contributed by atoms with Crippen LogP contribution in [0.3, 0.4) is 0 Å². The maximum Gasteiger partial charge on any atom is 0.164 e. The zero-order valence-corrected chi connectivity index (χ0v) is 14.4. The van der Waals surface area contributed by atoms with Crippen molar-refractivity contribution in [2.45, 2.75) is 39.8 Å². The maximum atomic E-state index is 12.6. The van der Waals surface area contributed by atoms with Gasteiger partial charge in [0.15, 0.2) is 5.78 Å². The van der Waals surface area contributed by atoms with Crippen LogP contribution in [0.1, 0.15) is 34.4 Å². The highest BCUT2D eigenvalue weighted by molar-refractivity contribution is 6.04. The van der Waals surface area contributed by atoms with Crippen LogP contribution >= 0.6 is 0 Å². The van der Waals surface area contributed by atoms with Crippen LogP contribution in [0.2, 0.25) is 0 Å². The van der Waals surface area contributed by atoms with Gasteiger partial charge < -0.3 is 4.57 Å². The number of aryl methyl sites for hydroxylation is 3. The first kappa shape index (κ1) is 15.3. The molecule has 0 saturated carbocycles. The Morgan fingerprint density at radius 1 is 1.21 bits per heavy atom.